The highest BCUT2D eigenvalue weighted by atomic mass is 32.2. The Labute approximate surface area is 180 Å². The fourth-order valence-electron chi connectivity index (χ4n) is 3.07. The Morgan fingerprint density at radius 1 is 1.00 bits per heavy atom. The minimum absolute atomic E-state index is 0.132. The Morgan fingerprint density at radius 2 is 1.77 bits per heavy atom. The van der Waals surface area contributed by atoms with E-state index in [1.807, 2.05) is 79.7 Å². The maximum atomic E-state index is 12.3. The number of benzene rings is 3. The van der Waals surface area contributed by atoms with E-state index in [1.165, 1.54) is 17.3 Å². The molecule has 4 rings (SSSR count). The molecule has 1 fully saturated rings. The molecule has 0 atom stereocenters. The lowest BCUT2D eigenvalue weighted by atomic mass is 10.1. The van der Waals surface area contributed by atoms with Crippen molar-refractivity contribution >= 4 is 34.6 Å². The molecule has 3 aromatic rings. The number of rotatable bonds is 5. The molecule has 0 bridgehead atoms. The van der Waals surface area contributed by atoms with Gasteiger partial charge >= 0.3 is 0 Å². The highest BCUT2D eigenvalue weighted by Crippen LogP contribution is 2.29. The Balaban J connectivity index is 1.43. The van der Waals surface area contributed by atoms with Crippen LogP contribution in [0.4, 0.5) is 5.69 Å². The van der Waals surface area contributed by atoms with Gasteiger partial charge in [0.05, 0.1) is 10.6 Å². The lowest BCUT2D eigenvalue weighted by Gasteiger charge is -2.06. The lowest BCUT2D eigenvalue weighted by molar-refractivity contribution is -0.115. The van der Waals surface area contributed by atoms with Gasteiger partial charge in [0.25, 0.3) is 5.91 Å². The number of aliphatic imine (C=N–C) groups is 1. The summed E-state index contributed by atoms with van der Waals surface area (Å²) in [6, 6.07) is 23.8. The van der Waals surface area contributed by atoms with E-state index in [-0.39, 0.29) is 5.91 Å². The highest BCUT2D eigenvalue weighted by Gasteiger charge is 2.23. The monoisotopic (exact) mass is 414 g/mol. The van der Waals surface area contributed by atoms with Crippen molar-refractivity contribution in [3.63, 3.8) is 0 Å². The molecular weight excluding hydrogens is 392 g/mol. The van der Waals surface area contributed by atoms with Crippen LogP contribution in [0.15, 0.2) is 82.7 Å². The zero-order valence-corrected chi connectivity index (χ0v) is 17.7. The fraction of sp³-hybridized carbons (Fsp3) is 0.120. The summed E-state index contributed by atoms with van der Waals surface area (Å²) in [6.45, 7) is 4.60. The van der Waals surface area contributed by atoms with Crippen LogP contribution in [0.2, 0.25) is 0 Å². The standard InChI is InChI=1S/C25H22N2O2S/c1-17-8-13-22(18(2)14-17)26-25-27-24(28)23(30-25)15-19-9-11-21(12-10-19)29-16-20-6-4-3-5-7-20/h3-15H,16H2,1-2H3,(H,26,27,28)/b23-15+. The predicted molar refractivity (Wildman–Crippen MR) is 124 cm³/mol. The molecule has 1 amide bonds. The van der Waals surface area contributed by atoms with Gasteiger partial charge in [-0.1, -0.05) is 60.2 Å². The van der Waals surface area contributed by atoms with Crippen LogP contribution in [0.1, 0.15) is 22.3 Å². The van der Waals surface area contributed by atoms with E-state index in [1.54, 1.807) is 0 Å². The maximum Gasteiger partial charge on any atom is 0.264 e. The predicted octanol–water partition coefficient (Wildman–Crippen LogP) is 5.77. The summed E-state index contributed by atoms with van der Waals surface area (Å²) in [7, 11) is 0. The fourth-order valence-corrected chi connectivity index (χ4v) is 3.91. The average molecular weight is 415 g/mol. The molecule has 3 aromatic carbocycles. The molecule has 1 N–H and O–H groups in total. The van der Waals surface area contributed by atoms with Gasteiger partial charge in [-0.15, -0.1) is 0 Å². The third kappa shape index (κ3) is 4.99. The minimum Gasteiger partial charge on any atom is -0.489 e. The van der Waals surface area contributed by atoms with Gasteiger partial charge in [-0.05, 0) is 66.6 Å². The third-order valence-electron chi connectivity index (χ3n) is 4.65. The molecule has 0 radical (unpaired) electrons. The van der Waals surface area contributed by atoms with Crippen molar-refractivity contribution in [1.82, 2.24) is 5.32 Å². The molecule has 0 saturated carbocycles. The number of hydrogen-bond donors (Lipinski definition) is 1. The Hall–Kier alpha value is -3.31. The number of carbonyl (C=O) groups excluding carboxylic acids is 1. The largest absolute Gasteiger partial charge is 0.489 e. The molecule has 5 heteroatoms. The number of ether oxygens (including phenoxy) is 1. The summed E-state index contributed by atoms with van der Waals surface area (Å²) >= 11 is 1.35. The van der Waals surface area contributed by atoms with E-state index < -0.39 is 0 Å². The van der Waals surface area contributed by atoms with E-state index in [0.29, 0.717) is 16.7 Å². The zero-order valence-electron chi connectivity index (χ0n) is 16.9. The van der Waals surface area contributed by atoms with Crippen molar-refractivity contribution in [1.29, 1.82) is 0 Å². The van der Waals surface area contributed by atoms with Crippen LogP contribution in [0.3, 0.4) is 0 Å². The first-order valence-corrected chi connectivity index (χ1v) is 10.5. The molecule has 0 aliphatic carbocycles. The first-order chi connectivity index (χ1) is 14.6. The molecule has 30 heavy (non-hydrogen) atoms. The van der Waals surface area contributed by atoms with Crippen LogP contribution < -0.4 is 10.1 Å². The maximum absolute atomic E-state index is 12.3. The van der Waals surface area contributed by atoms with Gasteiger partial charge in [0, 0.05) is 0 Å². The first kappa shape index (κ1) is 20.0. The van der Waals surface area contributed by atoms with E-state index in [4.69, 9.17) is 4.74 Å². The van der Waals surface area contributed by atoms with Gasteiger partial charge in [0.2, 0.25) is 0 Å². The average Bonchev–Trinajstić information content (AvgIpc) is 3.09. The highest BCUT2D eigenvalue weighted by molar-refractivity contribution is 8.18. The van der Waals surface area contributed by atoms with Crippen molar-refractivity contribution in [3.8, 4) is 5.75 Å². The molecule has 150 valence electrons. The molecule has 1 aliphatic heterocycles. The minimum atomic E-state index is -0.132. The molecule has 0 aromatic heterocycles. The molecule has 1 aliphatic rings. The molecular formula is C25H22N2O2S. The summed E-state index contributed by atoms with van der Waals surface area (Å²) in [5.74, 6) is 0.662. The van der Waals surface area contributed by atoms with Crippen LogP contribution in [-0.2, 0) is 11.4 Å². The van der Waals surface area contributed by atoms with Crippen LogP contribution in [0, 0.1) is 13.8 Å². The number of aryl methyl sites for hydroxylation is 2. The third-order valence-corrected chi connectivity index (χ3v) is 5.56. The second-order valence-electron chi connectivity index (χ2n) is 7.11. The molecule has 1 saturated heterocycles. The van der Waals surface area contributed by atoms with Crippen molar-refractivity contribution in [2.45, 2.75) is 20.5 Å². The second-order valence-corrected chi connectivity index (χ2v) is 8.15. The van der Waals surface area contributed by atoms with Crippen LogP contribution >= 0.6 is 11.8 Å². The number of thioether (sulfide) groups is 1. The second kappa shape index (κ2) is 9.01. The summed E-state index contributed by atoms with van der Waals surface area (Å²) in [6.07, 6.45) is 1.87. The number of carbonyl (C=O) groups is 1. The summed E-state index contributed by atoms with van der Waals surface area (Å²) in [4.78, 5) is 17.6. The first-order valence-electron chi connectivity index (χ1n) is 9.70. The SMILES string of the molecule is Cc1ccc(N=C2NC(=O)/C(=C\c3ccc(OCc4ccccc4)cc3)S2)c(C)c1. The van der Waals surface area contributed by atoms with Crippen LogP contribution in [0.5, 0.6) is 5.75 Å². The summed E-state index contributed by atoms with van der Waals surface area (Å²) in [5, 5.41) is 3.44. The van der Waals surface area contributed by atoms with E-state index in [0.717, 1.165) is 28.1 Å². The zero-order chi connectivity index (χ0) is 20.9. The normalized spacial score (nSPS) is 16.1. The lowest BCUT2D eigenvalue weighted by Crippen LogP contribution is -2.19. The van der Waals surface area contributed by atoms with Gasteiger partial charge in [0.15, 0.2) is 5.17 Å². The molecule has 0 spiro atoms. The molecule has 4 nitrogen and oxygen atoms in total. The van der Waals surface area contributed by atoms with Gasteiger partial charge in [-0.2, -0.15) is 0 Å². The number of hydrogen-bond acceptors (Lipinski definition) is 4. The number of amides is 1. The van der Waals surface area contributed by atoms with Gasteiger partial charge in [0.1, 0.15) is 12.4 Å². The Kier molecular flexibility index (Phi) is 6.00. The topological polar surface area (TPSA) is 50.7 Å². The van der Waals surface area contributed by atoms with Gasteiger partial charge in [-0.25, -0.2) is 4.99 Å². The van der Waals surface area contributed by atoms with E-state index in [2.05, 4.69) is 23.3 Å². The van der Waals surface area contributed by atoms with Gasteiger partial charge in [-0.3, -0.25) is 4.79 Å². The van der Waals surface area contributed by atoms with Crippen molar-refractivity contribution in [2.75, 3.05) is 0 Å². The smallest absolute Gasteiger partial charge is 0.264 e. The Morgan fingerprint density at radius 3 is 2.50 bits per heavy atom. The van der Waals surface area contributed by atoms with E-state index >= 15 is 0 Å². The molecule has 1 heterocycles. The Bertz CT molecular complexity index is 1120. The summed E-state index contributed by atoms with van der Waals surface area (Å²) < 4.78 is 5.82. The number of amidine groups is 1. The van der Waals surface area contributed by atoms with E-state index in [9.17, 15) is 4.79 Å². The quantitative estimate of drug-likeness (QED) is 0.539. The molecule has 0 unspecified atom stereocenters. The van der Waals surface area contributed by atoms with Gasteiger partial charge < -0.3 is 10.1 Å². The van der Waals surface area contributed by atoms with Crippen LogP contribution in [-0.4, -0.2) is 11.1 Å². The van der Waals surface area contributed by atoms with Crippen molar-refractivity contribution in [2.24, 2.45) is 4.99 Å². The number of nitrogens with zero attached hydrogens (tertiary/aromatic N) is 1. The van der Waals surface area contributed by atoms with Crippen molar-refractivity contribution in [3.05, 3.63) is 100.0 Å². The summed E-state index contributed by atoms with van der Waals surface area (Å²) in [5.41, 5.74) is 5.20. The number of nitrogens with one attached hydrogen (secondary N) is 1. The van der Waals surface area contributed by atoms with Crippen molar-refractivity contribution < 1.29 is 9.53 Å². The van der Waals surface area contributed by atoms with Crippen LogP contribution in [0.25, 0.3) is 6.08 Å².